The van der Waals surface area contributed by atoms with E-state index >= 15 is 0 Å². The van der Waals surface area contributed by atoms with Gasteiger partial charge in [-0.2, -0.15) is 0 Å². The first-order valence-corrected chi connectivity index (χ1v) is 9.54. The van der Waals surface area contributed by atoms with Crippen LogP contribution in [0.25, 0.3) is 0 Å². The van der Waals surface area contributed by atoms with Crippen molar-refractivity contribution in [2.45, 2.75) is 32.4 Å². The van der Waals surface area contributed by atoms with Gasteiger partial charge < -0.3 is 15.0 Å². The van der Waals surface area contributed by atoms with Gasteiger partial charge in [0.25, 0.3) is 0 Å². The fourth-order valence-electron chi connectivity index (χ4n) is 3.12. The Hall–Kier alpha value is -2.04. The topological polar surface area (TPSA) is 41.6 Å². The molecule has 0 unspecified atom stereocenters. The maximum Gasteiger partial charge on any atom is 0.222 e. The number of amides is 1. The third kappa shape index (κ3) is 5.23. The molecule has 1 heterocycles. The summed E-state index contributed by atoms with van der Waals surface area (Å²) in [7, 11) is 0. The largest absolute Gasteiger partial charge is 0.489 e. The second-order valence-corrected chi connectivity index (χ2v) is 6.91. The van der Waals surface area contributed by atoms with E-state index in [1.54, 1.807) is 0 Å². The molecular formula is C21H25ClN2O2. The number of nitrogens with zero attached hydrogens (tertiary/aromatic N) is 1. The minimum absolute atomic E-state index is 0.295. The van der Waals surface area contributed by atoms with Crippen LogP contribution in [0.3, 0.4) is 0 Å². The number of ether oxygens (including phenoxy) is 1. The lowest BCUT2D eigenvalue weighted by Crippen LogP contribution is -2.28. The number of hydrogen-bond acceptors (Lipinski definition) is 3. The van der Waals surface area contributed by atoms with Gasteiger partial charge in [0.1, 0.15) is 12.4 Å². The van der Waals surface area contributed by atoms with Gasteiger partial charge in [0, 0.05) is 42.2 Å². The summed E-state index contributed by atoms with van der Waals surface area (Å²) in [4.78, 5) is 13.6. The molecule has 1 aliphatic rings. The summed E-state index contributed by atoms with van der Waals surface area (Å²) in [6.45, 7) is 3.83. The molecule has 2 aromatic carbocycles. The lowest BCUT2D eigenvalue weighted by molar-refractivity contribution is -0.127. The Morgan fingerprint density at radius 2 is 1.85 bits per heavy atom. The fourth-order valence-corrected chi connectivity index (χ4v) is 3.31. The smallest absolute Gasteiger partial charge is 0.222 e. The fraction of sp³-hybridized carbons (Fsp3) is 0.381. The molecule has 1 saturated heterocycles. The number of likely N-dealkylation sites (tertiary alicyclic amines) is 1. The molecule has 4 nitrogen and oxygen atoms in total. The van der Waals surface area contributed by atoms with Crippen molar-refractivity contribution >= 4 is 17.5 Å². The number of nitrogens with one attached hydrogen (secondary N) is 1. The van der Waals surface area contributed by atoms with Crippen LogP contribution in [0.2, 0.25) is 5.02 Å². The lowest BCUT2D eigenvalue weighted by Gasteiger charge is -2.16. The monoisotopic (exact) mass is 372 g/mol. The van der Waals surface area contributed by atoms with Crippen LogP contribution in [-0.4, -0.2) is 30.4 Å². The van der Waals surface area contributed by atoms with Crippen molar-refractivity contribution in [2.75, 3.05) is 19.6 Å². The van der Waals surface area contributed by atoms with Gasteiger partial charge in [-0.25, -0.2) is 0 Å². The van der Waals surface area contributed by atoms with Crippen LogP contribution < -0.4 is 10.1 Å². The van der Waals surface area contributed by atoms with Crippen LogP contribution in [0.1, 0.15) is 30.4 Å². The Kier molecular flexibility index (Phi) is 6.92. The Morgan fingerprint density at radius 1 is 1.08 bits per heavy atom. The zero-order valence-corrected chi connectivity index (χ0v) is 15.7. The van der Waals surface area contributed by atoms with E-state index in [-0.39, 0.29) is 0 Å². The molecule has 0 atom stereocenters. The van der Waals surface area contributed by atoms with Crippen molar-refractivity contribution in [1.29, 1.82) is 0 Å². The highest BCUT2D eigenvalue weighted by Gasteiger charge is 2.18. The van der Waals surface area contributed by atoms with Crippen LogP contribution in [0.5, 0.6) is 5.75 Å². The predicted molar refractivity (Wildman–Crippen MR) is 104 cm³/mol. The molecule has 0 aliphatic carbocycles. The van der Waals surface area contributed by atoms with Crippen LogP contribution in [0, 0.1) is 0 Å². The molecule has 0 radical (unpaired) electrons. The maximum absolute atomic E-state index is 11.6. The summed E-state index contributed by atoms with van der Waals surface area (Å²) in [5.41, 5.74) is 2.10. The summed E-state index contributed by atoms with van der Waals surface area (Å²) in [6.07, 6.45) is 2.68. The maximum atomic E-state index is 11.6. The molecule has 1 fully saturated rings. The predicted octanol–water partition coefficient (Wildman–Crippen LogP) is 4.02. The average Bonchev–Trinajstić information content (AvgIpc) is 3.06. The molecule has 0 saturated carbocycles. The Bertz CT molecular complexity index is 735. The molecule has 1 N–H and O–H groups in total. The van der Waals surface area contributed by atoms with Gasteiger partial charge in [-0.05, 0) is 31.5 Å². The summed E-state index contributed by atoms with van der Waals surface area (Å²) >= 11 is 6.19. The van der Waals surface area contributed by atoms with E-state index < -0.39 is 0 Å². The molecule has 3 rings (SSSR count). The van der Waals surface area contributed by atoms with Gasteiger partial charge in [-0.1, -0.05) is 48.0 Å². The number of carbonyl (C=O) groups is 1. The molecule has 1 aliphatic heterocycles. The molecule has 138 valence electrons. The average molecular weight is 373 g/mol. The van der Waals surface area contributed by atoms with Gasteiger partial charge in [0.2, 0.25) is 5.91 Å². The molecular weight excluding hydrogens is 348 g/mol. The third-order valence-electron chi connectivity index (χ3n) is 4.58. The second kappa shape index (κ2) is 9.60. The minimum atomic E-state index is 0.295. The van der Waals surface area contributed by atoms with Crippen molar-refractivity contribution in [3.8, 4) is 5.75 Å². The number of rotatable bonds is 9. The van der Waals surface area contributed by atoms with Crippen molar-refractivity contribution in [3.05, 3.63) is 64.7 Å². The van der Waals surface area contributed by atoms with Crippen molar-refractivity contribution in [3.63, 3.8) is 0 Å². The number of hydrogen-bond donors (Lipinski definition) is 1. The van der Waals surface area contributed by atoms with Crippen LogP contribution in [-0.2, 0) is 17.9 Å². The van der Waals surface area contributed by atoms with Crippen LogP contribution in [0.15, 0.2) is 48.5 Å². The van der Waals surface area contributed by atoms with Gasteiger partial charge in [0.15, 0.2) is 0 Å². The highest BCUT2D eigenvalue weighted by atomic mass is 35.5. The number of para-hydroxylation sites is 1. The normalized spacial score (nSPS) is 14.0. The first-order valence-electron chi connectivity index (χ1n) is 9.16. The van der Waals surface area contributed by atoms with Gasteiger partial charge in [-0.3, -0.25) is 4.79 Å². The molecule has 26 heavy (non-hydrogen) atoms. The number of benzene rings is 2. The summed E-state index contributed by atoms with van der Waals surface area (Å²) < 4.78 is 5.98. The molecule has 5 heteroatoms. The van der Waals surface area contributed by atoms with Gasteiger partial charge in [-0.15, -0.1) is 0 Å². The molecule has 0 bridgehead atoms. The van der Waals surface area contributed by atoms with Gasteiger partial charge >= 0.3 is 0 Å². The number of halogens is 1. The van der Waals surface area contributed by atoms with Crippen LogP contribution >= 0.6 is 11.6 Å². The van der Waals surface area contributed by atoms with E-state index in [4.69, 9.17) is 16.3 Å². The molecule has 1 amide bonds. The SMILES string of the molecule is O=C1CCCN1CCCNCc1ccccc1OCc1ccccc1Cl. The van der Waals surface area contributed by atoms with Crippen molar-refractivity contribution in [2.24, 2.45) is 0 Å². The van der Waals surface area contributed by atoms with Crippen molar-refractivity contribution in [1.82, 2.24) is 10.2 Å². The van der Waals surface area contributed by atoms with E-state index in [0.717, 1.165) is 60.9 Å². The van der Waals surface area contributed by atoms with Gasteiger partial charge in [0.05, 0.1) is 0 Å². The standard InChI is InChI=1S/C21H25ClN2O2/c22-19-9-3-1-8-18(19)16-26-20-10-4-2-7-17(20)15-23-12-6-14-24-13-5-11-21(24)25/h1-4,7-10,23H,5-6,11-16H2. The van der Waals surface area contributed by atoms with Crippen LogP contribution in [0.4, 0.5) is 0 Å². The highest BCUT2D eigenvalue weighted by molar-refractivity contribution is 6.31. The van der Waals surface area contributed by atoms with E-state index in [1.165, 1.54) is 0 Å². The lowest BCUT2D eigenvalue weighted by atomic mass is 10.2. The quantitative estimate of drug-likeness (QED) is 0.676. The Balaban J connectivity index is 1.45. The summed E-state index contributed by atoms with van der Waals surface area (Å²) in [5.74, 6) is 1.16. The van der Waals surface area contributed by atoms with E-state index in [0.29, 0.717) is 18.9 Å². The first-order chi connectivity index (χ1) is 12.7. The third-order valence-corrected chi connectivity index (χ3v) is 4.95. The first kappa shape index (κ1) is 18.7. The number of carbonyl (C=O) groups excluding carboxylic acids is 1. The Morgan fingerprint density at radius 3 is 2.62 bits per heavy atom. The molecule has 0 spiro atoms. The zero-order valence-electron chi connectivity index (χ0n) is 14.9. The van der Waals surface area contributed by atoms with E-state index in [9.17, 15) is 4.79 Å². The highest BCUT2D eigenvalue weighted by Crippen LogP contribution is 2.22. The zero-order chi connectivity index (χ0) is 18.2. The summed E-state index contributed by atoms with van der Waals surface area (Å²) in [5, 5.41) is 4.17. The summed E-state index contributed by atoms with van der Waals surface area (Å²) in [6, 6.07) is 15.8. The molecule has 0 aromatic heterocycles. The van der Waals surface area contributed by atoms with E-state index in [1.807, 2.05) is 47.4 Å². The Labute approximate surface area is 160 Å². The molecule has 2 aromatic rings. The minimum Gasteiger partial charge on any atom is -0.489 e. The second-order valence-electron chi connectivity index (χ2n) is 6.50. The van der Waals surface area contributed by atoms with Crippen molar-refractivity contribution < 1.29 is 9.53 Å². The van der Waals surface area contributed by atoms with E-state index in [2.05, 4.69) is 11.4 Å².